The minimum atomic E-state index is -0.633. The van der Waals surface area contributed by atoms with E-state index in [9.17, 15) is 4.79 Å². The van der Waals surface area contributed by atoms with Crippen molar-refractivity contribution < 1.29 is 14.1 Å². The van der Waals surface area contributed by atoms with Gasteiger partial charge in [0.05, 0.1) is 6.20 Å². The fourth-order valence-corrected chi connectivity index (χ4v) is 0.587. The molecule has 5 nitrogen and oxygen atoms in total. The number of nitrogen functional groups attached to an aromatic ring is 1. The first kappa shape index (κ1) is 8.14. The van der Waals surface area contributed by atoms with E-state index in [0.29, 0.717) is 0 Å². The van der Waals surface area contributed by atoms with Gasteiger partial charge in [-0.3, -0.25) is 0 Å². The average Bonchev–Trinajstić information content (AvgIpc) is 2.47. The van der Waals surface area contributed by atoms with Gasteiger partial charge in [0.15, 0.2) is 6.61 Å². The molecule has 0 saturated heterocycles. The Bertz CT molecular complexity index is 324. The molecule has 0 aromatic carbocycles. The first-order valence-electron chi connectivity index (χ1n) is 3.06. The second-order valence-corrected chi connectivity index (χ2v) is 1.88. The summed E-state index contributed by atoms with van der Waals surface area (Å²) in [6, 6.07) is 0. The van der Waals surface area contributed by atoms with Crippen LogP contribution in [-0.4, -0.2) is 17.7 Å². The Kier molecular flexibility index (Phi) is 2.33. The second kappa shape index (κ2) is 3.44. The molecule has 0 bridgehead atoms. The van der Waals surface area contributed by atoms with Crippen molar-refractivity contribution in [3.8, 4) is 12.3 Å². The second-order valence-electron chi connectivity index (χ2n) is 1.88. The lowest BCUT2D eigenvalue weighted by Gasteiger charge is -1.96. The summed E-state index contributed by atoms with van der Waals surface area (Å²) in [5, 5.41) is 3.30. The number of ether oxygens (including phenoxy) is 1. The van der Waals surface area contributed by atoms with E-state index in [1.54, 1.807) is 0 Å². The largest absolute Gasteiger partial charge is 0.449 e. The molecule has 12 heavy (non-hydrogen) atoms. The molecular weight excluding hydrogens is 160 g/mol. The van der Waals surface area contributed by atoms with Crippen molar-refractivity contribution in [2.45, 2.75) is 0 Å². The van der Waals surface area contributed by atoms with E-state index in [-0.39, 0.29) is 18.1 Å². The van der Waals surface area contributed by atoms with Crippen molar-refractivity contribution in [3.05, 3.63) is 11.8 Å². The Morgan fingerprint density at radius 3 is 3.17 bits per heavy atom. The van der Waals surface area contributed by atoms with Crippen LogP contribution in [0.1, 0.15) is 10.4 Å². The average molecular weight is 166 g/mol. The third kappa shape index (κ3) is 1.55. The van der Waals surface area contributed by atoms with E-state index >= 15 is 0 Å². The van der Waals surface area contributed by atoms with E-state index in [2.05, 4.69) is 20.3 Å². The van der Waals surface area contributed by atoms with Gasteiger partial charge in [-0.1, -0.05) is 11.1 Å². The number of aromatic nitrogens is 1. The van der Waals surface area contributed by atoms with Crippen LogP contribution < -0.4 is 5.73 Å². The molecular formula is C7H6N2O3. The van der Waals surface area contributed by atoms with Crippen LogP contribution in [0, 0.1) is 12.3 Å². The monoisotopic (exact) mass is 166 g/mol. The van der Waals surface area contributed by atoms with E-state index < -0.39 is 5.97 Å². The summed E-state index contributed by atoms with van der Waals surface area (Å²) in [4.78, 5) is 11.0. The zero-order valence-electron chi connectivity index (χ0n) is 6.11. The van der Waals surface area contributed by atoms with E-state index in [0.717, 1.165) is 0 Å². The molecule has 0 fully saturated rings. The molecule has 0 radical (unpaired) electrons. The highest BCUT2D eigenvalue weighted by Gasteiger charge is 2.14. The lowest BCUT2D eigenvalue weighted by molar-refractivity contribution is 0.0557. The Morgan fingerprint density at radius 2 is 2.67 bits per heavy atom. The van der Waals surface area contributed by atoms with Crippen LogP contribution in [-0.2, 0) is 4.74 Å². The molecule has 0 unspecified atom stereocenters. The zero-order valence-corrected chi connectivity index (χ0v) is 6.11. The van der Waals surface area contributed by atoms with Crippen LogP contribution in [0.2, 0.25) is 0 Å². The third-order valence-electron chi connectivity index (χ3n) is 1.10. The molecule has 1 aromatic rings. The number of carbonyl (C=O) groups is 1. The van der Waals surface area contributed by atoms with Gasteiger partial charge in [-0.2, -0.15) is 0 Å². The van der Waals surface area contributed by atoms with Crippen LogP contribution >= 0.6 is 0 Å². The van der Waals surface area contributed by atoms with Gasteiger partial charge in [-0.05, 0) is 0 Å². The highest BCUT2D eigenvalue weighted by atomic mass is 16.5. The molecule has 62 valence electrons. The molecule has 1 heterocycles. The number of hydrogen-bond acceptors (Lipinski definition) is 5. The summed E-state index contributed by atoms with van der Waals surface area (Å²) in [5.74, 6) is 1.44. The molecule has 0 aliphatic heterocycles. The number of nitrogens with zero attached hydrogens (tertiary/aromatic N) is 1. The number of rotatable bonds is 2. The van der Waals surface area contributed by atoms with Crippen LogP contribution in [0.3, 0.4) is 0 Å². The summed E-state index contributed by atoms with van der Waals surface area (Å²) in [5.41, 5.74) is 5.32. The summed E-state index contributed by atoms with van der Waals surface area (Å²) in [6.45, 7) is -0.0938. The SMILES string of the molecule is C#CCOC(=O)c1cnoc1N. The topological polar surface area (TPSA) is 78.3 Å². The van der Waals surface area contributed by atoms with Gasteiger partial charge in [0.25, 0.3) is 0 Å². The summed E-state index contributed by atoms with van der Waals surface area (Å²) < 4.78 is 9.00. The fourth-order valence-electron chi connectivity index (χ4n) is 0.587. The quantitative estimate of drug-likeness (QED) is 0.496. The molecule has 0 saturated carbocycles. The number of nitrogens with two attached hydrogens (primary N) is 1. The van der Waals surface area contributed by atoms with Gasteiger partial charge >= 0.3 is 5.97 Å². The van der Waals surface area contributed by atoms with E-state index in [1.807, 2.05) is 0 Å². The number of terminal acetylenes is 1. The molecule has 5 heteroatoms. The minimum absolute atomic E-state index is 0.0722. The maximum atomic E-state index is 11.0. The lowest BCUT2D eigenvalue weighted by Crippen LogP contribution is -2.06. The highest BCUT2D eigenvalue weighted by Crippen LogP contribution is 2.10. The molecule has 0 amide bonds. The Hall–Kier alpha value is -1.96. The van der Waals surface area contributed by atoms with Gasteiger partial charge in [-0.25, -0.2) is 4.79 Å². The molecule has 0 spiro atoms. The molecule has 0 aliphatic carbocycles. The van der Waals surface area contributed by atoms with Gasteiger partial charge in [0.2, 0.25) is 5.88 Å². The Labute approximate surface area is 68.5 Å². The first-order valence-corrected chi connectivity index (χ1v) is 3.06. The number of esters is 1. The summed E-state index contributed by atoms with van der Waals surface area (Å²) in [7, 11) is 0. The molecule has 1 aromatic heterocycles. The minimum Gasteiger partial charge on any atom is -0.449 e. The first-order chi connectivity index (χ1) is 5.75. The van der Waals surface area contributed by atoms with Crippen LogP contribution in [0.25, 0.3) is 0 Å². The fraction of sp³-hybridized carbons (Fsp3) is 0.143. The summed E-state index contributed by atoms with van der Waals surface area (Å²) in [6.07, 6.45) is 6.05. The highest BCUT2D eigenvalue weighted by molar-refractivity contribution is 5.93. The van der Waals surface area contributed by atoms with Crippen LogP contribution in [0.4, 0.5) is 5.88 Å². The number of carbonyl (C=O) groups excluding carboxylic acids is 1. The number of anilines is 1. The van der Waals surface area contributed by atoms with Gasteiger partial charge < -0.3 is 15.0 Å². The van der Waals surface area contributed by atoms with Gasteiger partial charge in [0, 0.05) is 0 Å². The van der Waals surface area contributed by atoms with Crippen molar-refractivity contribution in [2.75, 3.05) is 12.3 Å². The van der Waals surface area contributed by atoms with Crippen molar-refractivity contribution in [1.82, 2.24) is 5.16 Å². The number of hydrogen-bond donors (Lipinski definition) is 1. The van der Waals surface area contributed by atoms with Crippen molar-refractivity contribution in [1.29, 1.82) is 0 Å². The molecule has 1 rings (SSSR count). The normalized spacial score (nSPS) is 8.92. The lowest BCUT2D eigenvalue weighted by atomic mass is 10.3. The Morgan fingerprint density at radius 1 is 1.92 bits per heavy atom. The maximum absolute atomic E-state index is 11.0. The molecule has 2 N–H and O–H groups in total. The van der Waals surface area contributed by atoms with Crippen LogP contribution in [0.15, 0.2) is 10.7 Å². The predicted molar refractivity (Wildman–Crippen MR) is 40.0 cm³/mol. The van der Waals surface area contributed by atoms with Gasteiger partial charge in [0.1, 0.15) is 5.56 Å². The predicted octanol–water partition coefficient (Wildman–Crippen LogP) is 0.0468. The van der Waals surface area contributed by atoms with E-state index in [4.69, 9.17) is 12.2 Å². The van der Waals surface area contributed by atoms with Crippen molar-refractivity contribution in [3.63, 3.8) is 0 Å². The zero-order chi connectivity index (χ0) is 8.97. The Balaban J connectivity index is 2.67. The summed E-state index contributed by atoms with van der Waals surface area (Å²) >= 11 is 0. The van der Waals surface area contributed by atoms with E-state index in [1.165, 1.54) is 6.20 Å². The third-order valence-corrected chi connectivity index (χ3v) is 1.10. The standard InChI is InChI=1S/C7H6N2O3/c1-2-3-11-7(10)5-4-9-12-6(5)8/h1,4H,3,8H2. The smallest absolute Gasteiger partial charge is 0.346 e. The molecule has 0 aliphatic rings. The van der Waals surface area contributed by atoms with Crippen molar-refractivity contribution >= 4 is 11.9 Å². The maximum Gasteiger partial charge on any atom is 0.346 e. The van der Waals surface area contributed by atoms with Crippen molar-refractivity contribution in [2.24, 2.45) is 0 Å². The van der Waals surface area contributed by atoms with Crippen LogP contribution in [0.5, 0.6) is 0 Å². The molecule has 0 atom stereocenters. The van der Waals surface area contributed by atoms with Gasteiger partial charge in [-0.15, -0.1) is 6.42 Å².